The summed E-state index contributed by atoms with van der Waals surface area (Å²) in [6.07, 6.45) is 9.10. The van der Waals surface area contributed by atoms with Crippen LogP contribution in [0.5, 0.6) is 0 Å². The van der Waals surface area contributed by atoms with E-state index in [-0.39, 0.29) is 0 Å². The van der Waals surface area contributed by atoms with Crippen molar-refractivity contribution in [1.29, 1.82) is 0 Å². The van der Waals surface area contributed by atoms with Gasteiger partial charge in [-0.1, -0.05) is 6.92 Å². The monoisotopic (exact) mass is 288 g/mol. The third kappa shape index (κ3) is 4.17. The normalized spacial score (nSPS) is 20.2. The second-order valence-corrected chi connectivity index (χ2v) is 6.28. The molecule has 0 radical (unpaired) electrons. The molecule has 1 aliphatic heterocycles. The number of hydrogen-bond donors (Lipinski definition) is 1. The van der Waals surface area contributed by atoms with E-state index in [1.807, 2.05) is 12.4 Å². The maximum absolute atomic E-state index is 4.10. The van der Waals surface area contributed by atoms with Gasteiger partial charge in [0, 0.05) is 56.3 Å². The predicted molar refractivity (Wildman–Crippen MR) is 87.7 cm³/mol. The Hall–Kier alpha value is -1.13. The van der Waals surface area contributed by atoms with Gasteiger partial charge in [0.25, 0.3) is 0 Å². The van der Waals surface area contributed by atoms with Gasteiger partial charge in [0.15, 0.2) is 0 Å². The van der Waals surface area contributed by atoms with Crippen LogP contribution in [-0.2, 0) is 0 Å². The molecule has 0 bridgehead atoms. The lowest BCUT2D eigenvalue weighted by molar-refractivity contribution is 0.267. The van der Waals surface area contributed by atoms with E-state index in [4.69, 9.17) is 0 Å². The fourth-order valence-corrected chi connectivity index (χ4v) is 3.35. The van der Waals surface area contributed by atoms with Crippen molar-refractivity contribution in [3.8, 4) is 0 Å². The number of nitrogens with zero attached hydrogens (tertiary/aromatic N) is 3. The fourth-order valence-electron chi connectivity index (χ4n) is 3.35. The standard InChI is InChI=1S/C17H28N4/c1-2-20(16-3-4-16)14-11-19-15-7-12-21(13-8-15)17-5-9-18-10-6-17/h5-6,9-10,15-16,19H,2-4,7-8,11-14H2,1H3. The van der Waals surface area contributed by atoms with Crippen molar-refractivity contribution in [3.63, 3.8) is 0 Å². The van der Waals surface area contributed by atoms with Crippen molar-refractivity contribution in [2.24, 2.45) is 0 Å². The van der Waals surface area contributed by atoms with Crippen molar-refractivity contribution < 1.29 is 0 Å². The molecule has 3 rings (SSSR count). The van der Waals surface area contributed by atoms with Crippen molar-refractivity contribution >= 4 is 5.69 Å². The zero-order chi connectivity index (χ0) is 14.5. The largest absolute Gasteiger partial charge is 0.371 e. The second kappa shape index (κ2) is 7.23. The Morgan fingerprint density at radius 1 is 1.19 bits per heavy atom. The summed E-state index contributed by atoms with van der Waals surface area (Å²) in [5.41, 5.74) is 1.31. The first kappa shape index (κ1) is 14.8. The van der Waals surface area contributed by atoms with Crippen LogP contribution in [0, 0.1) is 0 Å². The van der Waals surface area contributed by atoms with E-state index in [0.717, 1.165) is 25.7 Å². The second-order valence-electron chi connectivity index (χ2n) is 6.28. The highest BCUT2D eigenvalue weighted by Gasteiger charge is 2.27. The molecule has 1 N–H and O–H groups in total. The zero-order valence-corrected chi connectivity index (χ0v) is 13.2. The summed E-state index contributed by atoms with van der Waals surface area (Å²) in [5.74, 6) is 0. The summed E-state index contributed by atoms with van der Waals surface area (Å²) in [4.78, 5) is 9.19. The van der Waals surface area contributed by atoms with E-state index in [1.165, 1.54) is 44.5 Å². The number of anilines is 1. The Morgan fingerprint density at radius 3 is 2.52 bits per heavy atom. The van der Waals surface area contributed by atoms with Crippen molar-refractivity contribution in [2.75, 3.05) is 37.6 Å². The van der Waals surface area contributed by atoms with Gasteiger partial charge in [0.2, 0.25) is 0 Å². The molecule has 0 atom stereocenters. The van der Waals surface area contributed by atoms with Crippen LogP contribution in [-0.4, -0.2) is 54.7 Å². The highest BCUT2D eigenvalue weighted by molar-refractivity contribution is 5.44. The summed E-state index contributed by atoms with van der Waals surface area (Å²) in [6, 6.07) is 5.82. The van der Waals surface area contributed by atoms with E-state index in [0.29, 0.717) is 6.04 Å². The highest BCUT2D eigenvalue weighted by Crippen LogP contribution is 2.26. The van der Waals surface area contributed by atoms with Crippen LogP contribution in [0.2, 0.25) is 0 Å². The topological polar surface area (TPSA) is 31.4 Å². The summed E-state index contributed by atoms with van der Waals surface area (Å²) in [7, 11) is 0. The third-order valence-electron chi connectivity index (χ3n) is 4.82. The first-order valence-electron chi connectivity index (χ1n) is 8.49. The van der Waals surface area contributed by atoms with Crippen LogP contribution in [0.3, 0.4) is 0 Å². The lowest BCUT2D eigenvalue weighted by Crippen LogP contribution is -2.45. The summed E-state index contributed by atoms with van der Waals surface area (Å²) >= 11 is 0. The minimum absolute atomic E-state index is 0.695. The molecule has 0 unspecified atom stereocenters. The maximum atomic E-state index is 4.10. The highest BCUT2D eigenvalue weighted by atomic mass is 15.2. The van der Waals surface area contributed by atoms with E-state index >= 15 is 0 Å². The Balaban J connectivity index is 1.36. The van der Waals surface area contributed by atoms with Gasteiger partial charge in [0.1, 0.15) is 0 Å². The van der Waals surface area contributed by atoms with Crippen LogP contribution in [0.4, 0.5) is 5.69 Å². The minimum Gasteiger partial charge on any atom is -0.371 e. The average molecular weight is 288 g/mol. The smallest absolute Gasteiger partial charge is 0.0397 e. The van der Waals surface area contributed by atoms with Crippen LogP contribution in [0.15, 0.2) is 24.5 Å². The fraction of sp³-hybridized carbons (Fsp3) is 0.706. The number of pyridine rings is 1. The van der Waals surface area contributed by atoms with Gasteiger partial charge in [0.05, 0.1) is 0 Å². The first-order chi connectivity index (χ1) is 10.4. The molecule has 2 fully saturated rings. The predicted octanol–water partition coefficient (Wildman–Crippen LogP) is 2.12. The van der Waals surface area contributed by atoms with Gasteiger partial charge < -0.3 is 10.2 Å². The zero-order valence-electron chi connectivity index (χ0n) is 13.2. The molecule has 1 aromatic heterocycles. The SMILES string of the molecule is CCN(CCNC1CCN(c2ccncc2)CC1)C1CC1. The molecule has 1 saturated carbocycles. The van der Waals surface area contributed by atoms with Crippen molar-refractivity contribution in [3.05, 3.63) is 24.5 Å². The molecule has 4 nitrogen and oxygen atoms in total. The number of nitrogens with one attached hydrogen (secondary N) is 1. The molecular formula is C17H28N4. The van der Waals surface area contributed by atoms with Crippen molar-refractivity contribution in [2.45, 2.75) is 44.7 Å². The van der Waals surface area contributed by atoms with E-state index in [9.17, 15) is 0 Å². The van der Waals surface area contributed by atoms with E-state index < -0.39 is 0 Å². The molecule has 1 aliphatic carbocycles. The van der Waals surface area contributed by atoms with Gasteiger partial charge in [-0.15, -0.1) is 0 Å². The summed E-state index contributed by atoms with van der Waals surface area (Å²) < 4.78 is 0. The molecule has 0 aromatic carbocycles. The van der Waals surface area contributed by atoms with E-state index in [1.54, 1.807) is 0 Å². The number of hydrogen-bond acceptors (Lipinski definition) is 4. The van der Waals surface area contributed by atoms with Gasteiger partial charge in [-0.3, -0.25) is 9.88 Å². The maximum Gasteiger partial charge on any atom is 0.0397 e. The lowest BCUT2D eigenvalue weighted by atomic mass is 10.0. The van der Waals surface area contributed by atoms with Gasteiger partial charge in [-0.25, -0.2) is 0 Å². The minimum atomic E-state index is 0.695. The van der Waals surface area contributed by atoms with E-state index in [2.05, 4.69) is 39.2 Å². The Labute approximate surface area is 128 Å². The molecule has 21 heavy (non-hydrogen) atoms. The van der Waals surface area contributed by atoms with Crippen LogP contribution in [0.25, 0.3) is 0 Å². The van der Waals surface area contributed by atoms with Gasteiger partial charge >= 0.3 is 0 Å². The number of piperidine rings is 1. The van der Waals surface area contributed by atoms with Crippen molar-refractivity contribution in [1.82, 2.24) is 15.2 Å². The number of likely N-dealkylation sites (N-methyl/N-ethyl adjacent to an activating group) is 1. The molecule has 116 valence electrons. The molecule has 4 heteroatoms. The molecule has 0 spiro atoms. The Bertz CT molecular complexity index is 410. The molecule has 1 aromatic rings. The quantitative estimate of drug-likeness (QED) is 0.833. The van der Waals surface area contributed by atoms with Crippen LogP contribution >= 0.6 is 0 Å². The number of rotatable bonds is 7. The molecule has 0 amide bonds. The Morgan fingerprint density at radius 2 is 1.90 bits per heavy atom. The summed E-state index contributed by atoms with van der Waals surface area (Å²) in [6.45, 7) is 8.15. The van der Waals surface area contributed by atoms with Gasteiger partial charge in [-0.2, -0.15) is 0 Å². The van der Waals surface area contributed by atoms with Crippen LogP contribution < -0.4 is 10.2 Å². The summed E-state index contributed by atoms with van der Waals surface area (Å²) in [5, 5.41) is 3.76. The number of aromatic nitrogens is 1. The lowest BCUT2D eigenvalue weighted by Gasteiger charge is -2.34. The Kier molecular flexibility index (Phi) is 5.09. The van der Waals surface area contributed by atoms with Crippen LogP contribution in [0.1, 0.15) is 32.6 Å². The van der Waals surface area contributed by atoms with Gasteiger partial charge in [-0.05, 0) is 44.4 Å². The molecule has 2 heterocycles. The molecule has 1 saturated heterocycles. The average Bonchev–Trinajstić information content (AvgIpc) is 3.38. The third-order valence-corrected chi connectivity index (χ3v) is 4.82. The molecular weight excluding hydrogens is 260 g/mol. The molecule has 2 aliphatic rings. The first-order valence-corrected chi connectivity index (χ1v) is 8.49.